The molecule has 1 rings (SSSR count). The van der Waals surface area contributed by atoms with Crippen molar-refractivity contribution in [1.29, 1.82) is 0 Å². The SMILES string of the molecule is Cc1cnc(C(=O)NCC[C@H](O)C(=O)O)cn1. The van der Waals surface area contributed by atoms with Gasteiger partial charge in [-0.1, -0.05) is 0 Å². The van der Waals surface area contributed by atoms with E-state index in [0.717, 1.165) is 0 Å². The number of carbonyl (C=O) groups is 2. The molecule has 7 heteroatoms. The second kappa shape index (κ2) is 5.90. The molecule has 0 aliphatic heterocycles. The molecule has 1 amide bonds. The van der Waals surface area contributed by atoms with Crippen molar-refractivity contribution < 1.29 is 19.8 Å². The lowest BCUT2D eigenvalue weighted by molar-refractivity contribution is -0.146. The number of amides is 1. The van der Waals surface area contributed by atoms with E-state index < -0.39 is 18.0 Å². The van der Waals surface area contributed by atoms with Crippen molar-refractivity contribution in [2.75, 3.05) is 6.54 Å². The number of aliphatic hydroxyl groups is 1. The molecule has 0 fully saturated rings. The monoisotopic (exact) mass is 239 g/mol. The first kappa shape index (κ1) is 13.0. The van der Waals surface area contributed by atoms with Crippen LogP contribution in [0.3, 0.4) is 0 Å². The van der Waals surface area contributed by atoms with Gasteiger partial charge in [-0.25, -0.2) is 9.78 Å². The zero-order chi connectivity index (χ0) is 12.8. The highest BCUT2D eigenvalue weighted by Crippen LogP contribution is 1.95. The van der Waals surface area contributed by atoms with Crippen LogP contribution in [0.2, 0.25) is 0 Å². The van der Waals surface area contributed by atoms with Crippen LogP contribution in [0.5, 0.6) is 0 Å². The quantitative estimate of drug-likeness (QED) is 0.629. The predicted molar refractivity (Wildman–Crippen MR) is 57.4 cm³/mol. The highest BCUT2D eigenvalue weighted by molar-refractivity contribution is 5.91. The molecular weight excluding hydrogens is 226 g/mol. The summed E-state index contributed by atoms with van der Waals surface area (Å²) in [7, 11) is 0. The Morgan fingerprint density at radius 2 is 2.12 bits per heavy atom. The van der Waals surface area contributed by atoms with Gasteiger partial charge in [-0.2, -0.15) is 0 Å². The van der Waals surface area contributed by atoms with Crippen LogP contribution in [0.1, 0.15) is 22.6 Å². The second-order valence-corrected chi connectivity index (χ2v) is 3.44. The van der Waals surface area contributed by atoms with Gasteiger partial charge in [-0.05, 0) is 6.92 Å². The molecule has 1 atom stereocenters. The number of carboxylic acids is 1. The number of aryl methyl sites for hydroxylation is 1. The minimum absolute atomic E-state index is 0.0552. The maximum atomic E-state index is 11.5. The number of aliphatic hydroxyl groups excluding tert-OH is 1. The summed E-state index contributed by atoms with van der Waals surface area (Å²) < 4.78 is 0. The van der Waals surface area contributed by atoms with Crippen LogP contribution in [-0.2, 0) is 4.79 Å². The third-order valence-electron chi connectivity index (χ3n) is 2.00. The van der Waals surface area contributed by atoms with Gasteiger partial charge in [0.15, 0.2) is 6.10 Å². The molecule has 0 radical (unpaired) electrons. The second-order valence-electron chi connectivity index (χ2n) is 3.44. The number of nitrogens with one attached hydrogen (secondary N) is 1. The first-order valence-corrected chi connectivity index (χ1v) is 4.98. The van der Waals surface area contributed by atoms with E-state index >= 15 is 0 Å². The molecule has 7 nitrogen and oxygen atoms in total. The molecule has 0 saturated carbocycles. The molecule has 0 unspecified atom stereocenters. The third kappa shape index (κ3) is 4.15. The van der Waals surface area contributed by atoms with Gasteiger partial charge in [0.05, 0.1) is 11.9 Å². The lowest BCUT2D eigenvalue weighted by Gasteiger charge is -2.06. The Bertz CT molecular complexity index is 405. The largest absolute Gasteiger partial charge is 0.479 e. The van der Waals surface area contributed by atoms with Gasteiger partial charge in [-0.15, -0.1) is 0 Å². The molecule has 0 saturated heterocycles. The Morgan fingerprint density at radius 1 is 1.41 bits per heavy atom. The van der Waals surface area contributed by atoms with Crippen molar-refractivity contribution in [1.82, 2.24) is 15.3 Å². The zero-order valence-corrected chi connectivity index (χ0v) is 9.25. The van der Waals surface area contributed by atoms with Gasteiger partial charge in [0, 0.05) is 19.2 Å². The summed E-state index contributed by atoms with van der Waals surface area (Å²) in [4.78, 5) is 29.5. The summed E-state index contributed by atoms with van der Waals surface area (Å²) in [5.41, 5.74) is 0.850. The smallest absolute Gasteiger partial charge is 0.332 e. The van der Waals surface area contributed by atoms with E-state index in [9.17, 15) is 9.59 Å². The van der Waals surface area contributed by atoms with Crippen molar-refractivity contribution in [3.05, 3.63) is 23.8 Å². The number of nitrogens with zero attached hydrogens (tertiary/aromatic N) is 2. The Balaban J connectivity index is 2.40. The molecule has 0 aliphatic rings. The van der Waals surface area contributed by atoms with Gasteiger partial charge >= 0.3 is 5.97 Å². The van der Waals surface area contributed by atoms with Crippen LogP contribution in [0, 0.1) is 6.92 Å². The summed E-state index contributed by atoms with van der Waals surface area (Å²) >= 11 is 0. The molecule has 1 aromatic rings. The maximum absolute atomic E-state index is 11.5. The average Bonchev–Trinajstić information content (AvgIpc) is 2.29. The highest BCUT2D eigenvalue weighted by atomic mass is 16.4. The summed E-state index contributed by atoms with van der Waals surface area (Å²) in [6, 6.07) is 0. The van der Waals surface area contributed by atoms with E-state index in [1.807, 2.05) is 0 Å². The lowest BCUT2D eigenvalue weighted by atomic mass is 10.2. The molecule has 1 heterocycles. The third-order valence-corrected chi connectivity index (χ3v) is 2.00. The molecule has 92 valence electrons. The molecule has 0 aliphatic carbocycles. The minimum atomic E-state index is -1.47. The average molecular weight is 239 g/mol. The molecule has 1 aromatic heterocycles. The van der Waals surface area contributed by atoms with Crippen LogP contribution >= 0.6 is 0 Å². The van der Waals surface area contributed by atoms with Crippen molar-refractivity contribution >= 4 is 11.9 Å². The van der Waals surface area contributed by atoms with Crippen molar-refractivity contribution in [2.45, 2.75) is 19.4 Å². The van der Waals surface area contributed by atoms with Crippen molar-refractivity contribution in [2.24, 2.45) is 0 Å². The zero-order valence-electron chi connectivity index (χ0n) is 9.25. The van der Waals surface area contributed by atoms with Crippen LogP contribution in [0.4, 0.5) is 0 Å². The van der Waals surface area contributed by atoms with E-state index in [1.165, 1.54) is 12.4 Å². The number of hydrogen-bond donors (Lipinski definition) is 3. The number of carbonyl (C=O) groups excluding carboxylic acids is 1. The van der Waals surface area contributed by atoms with Gasteiger partial charge < -0.3 is 15.5 Å². The van der Waals surface area contributed by atoms with Crippen molar-refractivity contribution in [3.63, 3.8) is 0 Å². The normalized spacial score (nSPS) is 11.9. The van der Waals surface area contributed by atoms with Crippen LogP contribution < -0.4 is 5.32 Å². The Hall–Kier alpha value is -2.02. The Kier molecular flexibility index (Phi) is 4.53. The number of rotatable bonds is 5. The molecule has 0 spiro atoms. The first-order valence-electron chi connectivity index (χ1n) is 4.98. The number of carboxylic acid groups (broad SMARTS) is 1. The fourth-order valence-corrected chi connectivity index (χ4v) is 1.05. The van der Waals surface area contributed by atoms with E-state index in [-0.39, 0.29) is 18.7 Å². The van der Waals surface area contributed by atoms with E-state index in [2.05, 4.69) is 15.3 Å². The molecule has 3 N–H and O–H groups in total. The summed E-state index contributed by atoms with van der Waals surface area (Å²) in [6.07, 6.45) is 1.26. The van der Waals surface area contributed by atoms with Gasteiger partial charge in [0.2, 0.25) is 0 Å². The Labute approximate surface area is 97.5 Å². The minimum Gasteiger partial charge on any atom is -0.479 e. The highest BCUT2D eigenvalue weighted by Gasteiger charge is 2.13. The fourth-order valence-electron chi connectivity index (χ4n) is 1.05. The number of aromatic nitrogens is 2. The summed E-state index contributed by atoms with van der Waals surface area (Å²) in [5.74, 6) is -1.76. The van der Waals surface area contributed by atoms with Crippen LogP contribution in [0.25, 0.3) is 0 Å². The van der Waals surface area contributed by atoms with Crippen LogP contribution in [-0.4, -0.2) is 44.7 Å². The maximum Gasteiger partial charge on any atom is 0.332 e. The van der Waals surface area contributed by atoms with Crippen molar-refractivity contribution in [3.8, 4) is 0 Å². The summed E-state index contributed by atoms with van der Waals surface area (Å²) in [6.45, 7) is 1.81. The lowest BCUT2D eigenvalue weighted by Crippen LogP contribution is -2.30. The van der Waals surface area contributed by atoms with Gasteiger partial charge in [0.25, 0.3) is 5.91 Å². The molecular formula is C10H13N3O4. The van der Waals surface area contributed by atoms with E-state index in [4.69, 9.17) is 10.2 Å². The number of aliphatic carboxylic acids is 1. The molecule has 17 heavy (non-hydrogen) atoms. The number of hydrogen-bond acceptors (Lipinski definition) is 5. The Morgan fingerprint density at radius 3 is 2.65 bits per heavy atom. The fraction of sp³-hybridized carbons (Fsp3) is 0.400. The first-order chi connectivity index (χ1) is 8.00. The van der Waals surface area contributed by atoms with Crippen LogP contribution in [0.15, 0.2) is 12.4 Å². The van der Waals surface area contributed by atoms with E-state index in [1.54, 1.807) is 6.92 Å². The predicted octanol–water partition coefficient (Wildman–Crippen LogP) is -0.650. The standard InChI is InChI=1S/C10H13N3O4/c1-6-4-13-7(5-12-6)9(15)11-3-2-8(14)10(16)17/h4-5,8,14H,2-3H2,1H3,(H,11,15)(H,16,17)/t8-/m0/s1. The molecule has 0 bridgehead atoms. The topological polar surface area (TPSA) is 112 Å². The molecule has 0 aromatic carbocycles. The van der Waals surface area contributed by atoms with Gasteiger partial charge in [0.1, 0.15) is 5.69 Å². The van der Waals surface area contributed by atoms with Gasteiger partial charge in [-0.3, -0.25) is 9.78 Å². The van der Waals surface area contributed by atoms with E-state index in [0.29, 0.717) is 5.69 Å². The summed E-state index contributed by atoms with van der Waals surface area (Å²) in [5, 5.41) is 19.8.